The molecule has 0 saturated heterocycles. The van der Waals surface area contributed by atoms with Gasteiger partial charge in [0.2, 0.25) is 0 Å². The highest BCUT2D eigenvalue weighted by Gasteiger charge is 2.61. The molecule has 110 valence electrons. The molecule has 2 atom stereocenters. The van der Waals surface area contributed by atoms with Crippen LogP contribution in [0.25, 0.3) is 0 Å². The zero-order valence-corrected chi connectivity index (χ0v) is 13.1. The second-order valence-electron chi connectivity index (χ2n) is 7.91. The first-order valence-corrected chi connectivity index (χ1v) is 7.67. The molecule has 0 aliphatic heterocycles. The molecule has 0 spiro atoms. The molecule has 1 saturated carbocycles. The molecule has 2 aliphatic rings. The molecular weight excluding hydrogens is 254 g/mol. The monoisotopic (exact) mass is 278 g/mol. The van der Waals surface area contributed by atoms with E-state index in [2.05, 4.69) is 46.8 Å². The molecule has 2 aliphatic carbocycles. The van der Waals surface area contributed by atoms with Gasteiger partial charge in [0.1, 0.15) is 0 Å². The summed E-state index contributed by atoms with van der Waals surface area (Å²) in [5, 5.41) is 0. The molecule has 0 radical (unpaired) electrons. The van der Waals surface area contributed by atoms with E-state index in [1.807, 2.05) is 0 Å². The van der Waals surface area contributed by atoms with Crippen LogP contribution < -0.4 is 0 Å². The van der Waals surface area contributed by atoms with E-state index in [4.69, 9.17) is 0 Å². The van der Waals surface area contributed by atoms with Crippen molar-refractivity contribution < 1.29 is 8.78 Å². The van der Waals surface area contributed by atoms with Crippen molar-refractivity contribution in [3.05, 3.63) is 34.4 Å². The lowest BCUT2D eigenvalue weighted by molar-refractivity contribution is -0.129. The average Bonchev–Trinajstić information content (AvgIpc) is 2.59. The standard InChI is InChI=1S/C18H24F2/c1-10(2)12-6-7-14(17(3,4)5)15-13(12)8-11-9-18(19,20)16(11)15/h6-7,10-11,16H,8-9H2,1-5H3. The van der Waals surface area contributed by atoms with Gasteiger partial charge in [0, 0.05) is 6.42 Å². The van der Waals surface area contributed by atoms with Gasteiger partial charge in [0.25, 0.3) is 5.92 Å². The first-order chi connectivity index (χ1) is 9.13. The Morgan fingerprint density at radius 3 is 2.35 bits per heavy atom. The maximum atomic E-state index is 14.1. The Morgan fingerprint density at radius 1 is 1.20 bits per heavy atom. The highest BCUT2D eigenvalue weighted by Crippen LogP contribution is 2.62. The molecule has 0 aromatic heterocycles. The molecule has 0 amide bonds. The quantitative estimate of drug-likeness (QED) is 0.645. The third-order valence-corrected chi connectivity index (χ3v) is 5.06. The molecule has 0 bridgehead atoms. The Bertz CT molecular complexity index is 549. The van der Waals surface area contributed by atoms with E-state index >= 15 is 0 Å². The minimum atomic E-state index is -2.49. The van der Waals surface area contributed by atoms with Crippen LogP contribution in [0, 0.1) is 5.92 Å². The number of hydrogen-bond donors (Lipinski definition) is 0. The highest BCUT2D eigenvalue weighted by atomic mass is 19.3. The van der Waals surface area contributed by atoms with Crippen molar-refractivity contribution in [2.45, 2.75) is 70.6 Å². The molecule has 3 rings (SSSR count). The Balaban J connectivity index is 2.22. The van der Waals surface area contributed by atoms with Gasteiger partial charge in [-0.2, -0.15) is 0 Å². The van der Waals surface area contributed by atoms with E-state index in [-0.39, 0.29) is 17.8 Å². The summed E-state index contributed by atoms with van der Waals surface area (Å²) in [6.07, 6.45) is 0.931. The summed E-state index contributed by atoms with van der Waals surface area (Å²) in [5.41, 5.74) is 4.56. The fraction of sp³-hybridized carbons (Fsp3) is 0.667. The maximum absolute atomic E-state index is 14.1. The fourth-order valence-corrected chi connectivity index (χ4v) is 4.14. The van der Waals surface area contributed by atoms with Gasteiger partial charge in [-0.25, -0.2) is 8.78 Å². The fourth-order valence-electron chi connectivity index (χ4n) is 4.14. The third-order valence-electron chi connectivity index (χ3n) is 5.06. The van der Waals surface area contributed by atoms with E-state index in [1.165, 1.54) is 11.1 Å². The Morgan fingerprint density at radius 2 is 1.85 bits per heavy atom. The SMILES string of the molecule is CC(C)c1ccc(C(C)(C)C)c2c1CC1CC(F)(F)C21. The van der Waals surface area contributed by atoms with Crippen LogP contribution in [0.4, 0.5) is 8.78 Å². The summed E-state index contributed by atoms with van der Waals surface area (Å²) in [5.74, 6) is -2.44. The van der Waals surface area contributed by atoms with Gasteiger partial charge in [-0.05, 0) is 45.9 Å². The summed E-state index contributed by atoms with van der Waals surface area (Å²) < 4.78 is 28.1. The molecule has 2 unspecified atom stereocenters. The lowest BCUT2D eigenvalue weighted by atomic mass is 9.68. The van der Waals surface area contributed by atoms with Gasteiger partial charge < -0.3 is 0 Å². The Hall–Kier alpha value is -0.920. The summed E-state index contributed by atoms with van der Waals surface area (Å²) in [7, 11) is 0. The minimum Gasteiger partial charge on any atom is -0.206 e. The van der Waals surface area contributed by atoms with Crippen LogP contribution >= 0.6 is 0 Å². The second kappa shape index (κ2) is 4.05. The summed E-state index contributed by atoms with van der Waals surface area (Å²) >= 11 is 0. The van der Waals surface area contributed by atoms with Crippen LogP contribution in [0.2, 0.25) is 0 Å². The van der Waals surface area contributed by atoms with Crippen molar-refractivity contribution in [1.29, 1.82) is 0 Å². The second-order valence-corrected chi connectivity index (χ2v) is 7.91. The van der Waals surface area contributed by atoms with E-state index < -0.39 is 11.8 Å². The van der Waals surface area contributed by atoms with E-state index in [1.54, 1.807) is 0 Å². The van der Waals surface area contributed by atoms with E-state index in [9.17, 15) is 8.78 Å². The van der Waals surface area contributed by atoms with Gasteiger partial charge in [0.05, 0.1) is 5.92 Å². The van der Waals surface area contributed by atoms with E-state index in [0.29, 0.717) is 5.92 Å². The van der Waals surface area contributed by atoms with Gasteiger partial charge in [-0.3, -0.25) is 0 Å². The van der Waals surface area contributed by atoms with Crippen molar-refractivity contribution in [2.75, 3.05) is 0 Å². The average molecular weight is 278 g/mol. The predicted octanol–water partition coefficient (Wildman–Crippen LogP) is 5.40. The van der Waals surface area contributed by atoms with Gasteiger partial charge in [0.15, 0.2) is 0 Å². The number of hydrogen-bond acceptors (Lipinski definition) is 0. The summed E-state index contributed by atoms with van der Waals surface area (Å²) in [6.45, 7) is 10.7. The molecule has 1 fully saturated rings. The lowest BCUT2D eigenvalue weighted by Crippen LogP contribution is -2.43. The summed E-state index contributed by atoms with van der Waals surface area (Å²) in [4.78, 5) is 0. The normalized spacial score (nSPS) is 27.2. The molecule has 0 N–H and O–H groups in total. The molecular formula is C18H24F2. The Labute approximate surface area is 120 Å². The number of halogens is 2. The molecule has 1 aromatic rings. The van der Waals surface area contributed by atoms with Crippen molar-refractivity contribution in [2.24, 2.45) is 5.92 Å². The number of rotatable bonds is 1. The number of fused-ring (bicyclic) bond motifs is 3. The Kier molecular flexibility index (Phi) is 2.84. The minimum absolute atomic E-state index is 0.0693. The molecule has 2 heteroatoms. The zero-order valence-electron chi connectivity index (χ0n) is 13.1. The molecule has 0 nitrogen and oxygen atoms in total. The smallest absolute Gasteiger partial charge is 0.206 e. The van der Waals surface area contributed by atoms with Crippen LogP contribution in [0.15, 0.2) is 12.1 Å². The van der Waals surface area contributed by atoms with Gasteiger partial charge in [-0.15, -0.1) is 0 Å². The lowest BCUT2D eigenvalue weighted by Gasteiger charge is -2.42. The van der Waals surface area contributed by atoms with Crippen LogP contribution in [0.5, 0.6) is 0 Å². The first-order valence-electron chi connectivity index (χ1n) is 7.67. The van der Waals surface area contributed by atoms with Gasteiger partial charge in [-0.1, -0.05) is 46.8 Å². The number of alkyl halides is 2. The first kappa shape index (κ1) is 14.0. The topological polar surface area (TPSA) is 0 Å². The highest BCUT2D eigenvalue weighted by molar-refractivity contribution is 5.53. The molecule has 0 heterocycles. The van der Waals surface area contributed by atoms with Crippen LogP contribution in [-0.2, 0) is 11.8 Å². The van der Waals surface area contributed by atoms with Crippen LogP contribution in [-0.4, -0.2) is 5.92 Å². The van der Waals surface area contributed by atoms with Crippen molar-refractivity contribution in [1.82, 2.24) is 0 Å². The number of benzene rings is 1. The predicted molar refractivity (Wildman–Crippen MR) is 78.7 cm³/mol. The van der Waals surface area contributed by atoms with Crippen molar-refractivity contribution in [3.8, 4) is 0 Å². The van der Waals surface area contributed by atoms with Gasteiger partial charge >= 0.3 is 0 Å². The van der Waals surface area contributed by atoms with Crippen molar-refractivity contribution in [3.63, 3.8) is 0 Å². The van der Waals surface area contributed by atoms with Crippen molar-refractivity contribution >= 4 is 0 Å². The maximum Gasteiger partial charge on any atom is 0.255 e. The zero-order chi connectivity index (χ0) is 14.9. The summed E-state index contributed by atoms with van der Waals surface area (Å²) in [6, 6.07) is 4.28. The molecule has 1 aromatic carbocycles. The van der Waals surface area contributed by atoms with E-state index in [0.717, 1.165) is 17.5 Å². The van der Waals surface area contributed by atoms with Crippen LogP contribution in [0.1, 0.15) is 75.1 Å². The van der Waals surface area contributed by atoms with Crippen LogP contribution in [0.3, 0.4) is 0 Å². The largest absolute Gasteiger partial charge is 0.255 e. The molecule has 20 heavy (non-hydrogen) atoms. The third kappa shape index (κ3) is 1.83.